The Morgan fingerprint density at radius 1 is 1.05 bits per heavy atom. The minimum atomic E-state index is -0.727. The number of amides is 1. The standard InChI is InChI=1S/C29H36N2O6/c1-4-5-6-15-35-22-10-7-9-20(18-22)26-25(28(33)29(34)31(26)14-8-13-30(2)3)27(32)21-11-12-23-24(19-21)37-17-16-36-23/h7,9-12,18-19,26,32H,4-6,8,13-17H2,1-3H3/b27-25-. The number of carbonyl (C=O) groups excluding carboxylic acids is 2. The topological polar surface area (TPSA) is 88.5 Å². The van der Waals surface area contributed by atoms with Crippen molar-refractivity contribution in [3.05, 3.63) is 59.2 Å². The molecule has 2 aromatic rings. The molecule has 8 heteroatoms. The molecular formula is C29H36N2O6. The summed E-state index contributed by atoms with van der Waals surface area (Å²) in [4.78, 5) is 30.1. The van der Waals surface area contributed by atoms with Crippen LogP contribution in [-0.2, 0) is 9.59 Å². The Balaban J connectivity index is 1.72. The molecule has 1 fully saturated rings. The number of aliphatic hydroxyl groups is 1. The number of nitrogens with zero attached hydrogens (tertiary/aromatic N) is 2. The zero-order valence-electron chi connectivity index (χ0n) is 21.9. The molecule has 2 aromatic carbocycles. The molecule has 2 heterocycles. The minimum Gasteiger partial charge on any atom is -0.507 e. The van der Waals surface area contributed by atoms with E-state index in [9.17, 15) is 14.7 Å². The van der Waals surface area contributed by atoms with Gasteiger partial charge in [0.25, 0.3) is 11.7 Å². The van der Waals surface area contributed by atoms with Crippen LogP contribution in [0.1, 0.15) is 49.8 Å². The van der Waals surface area contributed by atoms with Gasteiger partial charge in [-0.2, -0.15) is 0 Å². The van der Waals surface area contributed by atoms with E-state index in [1.54, 1.807) is 23.1 Å². The largest absolute Gasteiger partial charge is 0.507 e. The van der Waals surface area contributed by atoms with Crippen LogP contribution in [0.3, 0.4) is 0 Å². The molecule has 1 atom stereocenters. The zero-order chi connectivity index (χ0) is 26.4. The molecule has 2 aliphatic heterocycles. The number of likely N-dealkylation sites (tertiary alicyclic amines) is 1. The highest BCUT2D eigenvalue weighted by atomic mass is 16.6. The van der Waals surface area contributed by atoms with Crippen LogP contribution in [0.5, 0.6) is 17.2 Å². The van der Waals surface area contributed by atoms with Crippen LogP contribution in [0.4, 0.5) is 0 Å². The Hall–Kier alpha value is -3.52. The Bertz CT molecular complexity index is 1160. The molecule has 37 heavy (non-hydrogen) atoms. The number of rotatable bonds is 11. The normalized spacial score (nSPS) is 18.5. The van der Waals surface area contributed by atoms with E-state index in [1.807, 2.05) is 43.3 Å². The fraction of sp³-hybridized carbons (Fsp3) is 0.448. The molecular weight excluding hydrogens is 472 g/mol. The molecule has 4 rings (SSSR count). The molecule has 0 bridgehead atoms. The minimum absolute atomic E-state index is 0.0645. The van der Waals surface area contributed by atoms with Crippen LogP contribution in [-0.4, -0.2) is 73.6 Å². The first-order valence-electron chi connectivity index (χ1n) is 13.0. The SMILES string of the molecule is CCCCCOc1cccc(C2/C(=C(/O)c3ccc4c(c3)OCCO4)C(=O)C(=O)N2CCCN(C)C)c1. The van der Waals surface area contributed by atoms with Gasteiger partial charge < -0.3 is 29.1 Å². The fourth-order valence-electron chi connectivity index (χ4n) is 4.68. The summed E-state index contributed by atoms with van der Waals surface area (Å²) in [5, 5.41) is 11.4. The van der Waals surface area contributed by atoms with Gasteiger partial charge in [0.2, 0.25) is 0 Å². The number of Topliss-reactive ketones (excluding diaryl/α,β-unsaturated/α-hetero) is 1. The predicted molar refractivity (Wildman–Crippen MR) is 141 cm³/mol. The van der Waals surface area contributed by atoms with Crippen LogP contribution in [0, 0.1) is 0 Å². The second kappa shape index (κ2) is 12.1. The zero-order valence-corrected chi connectivity index (χ0v) is 21.9. The number of hydrogen-bond donors (Lipinski definition) is 1. The summed E-state index contributed by atoms with van der Waals surface area (Å²) in [6.45, 7) is 4.73. The third-order valence-electron chi connectivity index (χ3n) is 6.55. The summed E-state index contributed by atoms with van der Waals surface area (Å²) < 4.78 is 17.2. The van der Waals surface area contributed by atoms with Gasteiger partial charge in [-0.3, -0.25) is 9.59 Å². The van der Waals surface area contributed by atoms with Crippen molar-refractivity contribution in [2.24, 2.45) is 0 Å². The van der Waals surface area contributed by atoms with E-state index < -0.39 is 17.7 Å². The third-order valence-corrected chi connectivity index (χ3v) is 6.55. The van der Waals surface area contributed by atoms with E-state index in [4.69, 9.17) is 14.2 Å². The fourth-order valence-corrected chi connectivity index (χ4v) is 4.68. The Labute approximate surface area is 218 Å². The molecule has 1 N–H and O–H groups in total. The maximum atomic E-state index is 13.3. The molecule has 0 saturated carbocycles. The van der Waals surface area contributed by atoms with E-state index in [0.717, 1.165) is 31.4 Å². The Morgan fingerprint density at radius 2 is 1.84 bits per heavy atom. The highest BCUT2D eigenvalue weighted by Gasteiger charge is 2.46. The van der Waals surface area contributed by atoms with Gasteiger partial charge >= 0.3 is 0 Å². The van der Waals surface area contributed by atoms with E-state index in [1.165, 1.54) is 0 Å². The van der Waals surface area contributed by atoms with Crippen molar-refractivity contribution >= 4 is 17.4 Å². The number of benzene rings is 2. The van der Waals surface area contributed by atoms with Crippen LogP contribution in [0.2, 0.25) is 0 Å². The third kappa shape index (κ3) is 6.07. The van der Waals surface area contributed by atoms with Gasteiger partial charge in [0.1, 0.15) is 24.7 Å². The maximum Gasteiger partial charge on any atom is 0.295 e. The van der Waals surface area contributed by atoms with Crippen LogP contribution in [0.15, 0.2) is 48.0 Å². The van der Waals surface area contributed by atoms with Gasteiger partial charge in [-0.05, 0) is 69.4 Å². The highest BCUT2D eigenvalue weighted by Crippen LogP contribution is 2.41. The number of hydrogen-bond acceptors (Lipinski definition) is 7. The summed E-state index contributed by atoms with van der Waals surface area (Å²) in [6, 6.07) is 11.7. The van der Waals surface area contributed by atoms with Gasteiger partial charge in [0.15, 0.2) is 11.5 Å². The Kier molecular flexibility index (Phi) is 8.71. The van der Waals surface area contributed by atoms with Gasteiger partial charge in [-0.1, -0.05) is 31.9 Å². The number of aliphatic hydroxyl groups excluding tert-OH is 1. The second-order valence-corrected chi connectivity index (χ2v) is 9.64. The van der Waals surface area contributed by atoms with E-state index in [2.05, 4.69) is 6.92 Å². The van der Waals surface area contributed by atoms with Crippen LogP contribution in [0.25, 0.3) is 5.76 Å². The van der Waals surface area contributed by atoms with E-state index in [0.29, 0.717) is 55.6 Å². The molecule has 0 radical (unpaired) electrons. The average molecular weight is 509 g/mol. The lowest BCUT2D eigenvalue weighted by molar-refractivity contribution is -0.139. The van der Waals surface area contributed by atoms with Crippen LogP contribution >= 0.6 is 0 Å². The average Bonchev–Trinajstić information content (AvgIpc) is 3.15. The monoisotopic (exact) mass is 508 g/mol. The molecule has 0 aromatic heterocycles. The van der Waals surface area contributed by atoms with Crippen molar-refractivity contribution in [3.63, 3.8) is 0 Å². The van der Waals surface area contributed by atoms with E-state index in [-0.39, 0.29) is 11.3 Å². The number of unbranched alkanes of at least 4 members (excludes halogenated alkanes) is 2. The molecule has 0 spiro atoms. The summed E-state index contributed by atoms with van der Waals surface area (Å²) in [6.07, 6.45) is 3.83. The number of carbonyl (C=O) groups is 2. The molecule has 1 unspecified atom stereocenters. The number of ketones is 1. The van der Waals surface area contributed by atoms with Crippen molar-refractivity contribution in [2.75, 3.05) is 47.0 Å². The van der Waals surface area contributed by atoms with Gasteiger partial charge in [-0.25, -0.2) is 0 Å². The van der Waals surface area contributed by atoms with Gasteiger partial charge in [0, 0.05) is 12.1 Å². The van der Waals surface area contributed by atoms with Gasteiger partial charge in [-0.15, -0.1) is 0 Å². The molecule has 1 amide bonds. The lowest BCUT2D eigenvalue weighted by Gasteiger charge is -2.26. The summed E-state index contributed by atoms with van der Waals surface area (Å²) in [5.41, 5.74) is 1.18. The molecule has 198 valence electrons. The number of fused-ring (bicyclic) bond motifs is 1. The molecule has 1 saturated heterocycles. The molecule has 2 aliphatic rings. The first-order chi connectivity index (χ1) is 17.9. The summed E-state index contributed by atoms with van der Waals surface area (Å²) >= 11 is 0. The second-order valence-electron chi connectivity index (χ2n) is 9.64. The predicted octanol–water partition coefficient (Wildman–Crippen LogP) is 4.40. The van der Waals surface area contributed by atoms with Crippen molar-refractivity contribution in [3.8, 4) is 17.2 Å². The smallest absolute Gasteiger partial charge is 0.295 e. The van der Waals surface area contributed by atoms with Crippen LogP contribution < -0.4 is 14.2 Å². The lowest BCUT2D eigenvalue weighted by atomic mass is 9.95. The van der Waals surface area contributed by atoms with Crippen molar-refractivity contribution in [1.82, 2.24) is 9.80 Å². The molecule has 0 aliphatic carbocycles. The highest BCUT2D eigenvalue weighted by molar-refractivity contribution is 6.46. The van der Waals surface area contributed by atoms with Crippen molar-refractivity contribution < 1.29 is 28.9 Å². The van der Waals surface area contributed by atoms with Crippen molar-refractivity contribution in [1.29, 1.82) is 0 Å². The van der Waals surface area contributed by atoms with E-state index >= 15 is 0 Å². The number of ether oxygens (including phenoxy) is 3. The molecule has 8 nitrogen and oxygen atoms in total. The lowest BCUT2D eigenvalue weighted by Crippen LogP contribution is -2.32. The maximum absolute atomic E-state index is 13.3. The Morgan fingerprint density at radius 3 is 2.59 bits per heavy atom. The van der Waals surface area contributed by atoms with Gasteiger partial charge in [0.05, 0.1) is 18.2 Å². The summed E-state index contributed by atoms with van der Waals surface area (Å²) in [5.74, 6) is 0.205. The first-order valence-corrected chi connectivity index (χ1v) is 13.0. The first kappa shape index (κ1) is 26.5. The quantitative estimate of drug-likeness (QED) is 0.208. The summed E-state index contributed by atoms with van der Waals surface area (Å²) in [7, 11) is 3.93. The van der Waals surface area contributed by atoms with Crippen molar-refractivity contribution in [2.45, 2.75) is 38.6 Å².